The largest absolute Gasteiger partial charge is 0.475 e. The molecule has 0 aliphatic carbocycles. The number of hydrogen-bond donors (Lipinski definition) is 2. The van der Waals surface area contributed by atoms with Crippen molar-refractivity contribution in [1.29, 1.82) is 0 Å². The Balaban J connectivity index is 2.55. The topological polar surface area (TPSA) is 67.8 Å². The van der Waals surface area contributed by atoms with Gasteiger partial charge >= 0.3 is 0 Å². The van der Waals surface area contributed by atoms with Crippen LogP contribution in [0.4, 0.5) is 0 Å². The first-order chi connectivity index (χ1) is 9.81. The minimum atomic E-state index is 0.476. The normalized spacial score (nSPS) is 11.0. The highest BCUT2D eigenvalue weighted by atomic mass is 16.5. The van der Waals surface area contributed by atoms with E-state index in [1.807, 2.05) is 12.1 Å². The van der Waals surface area contributed by atoms with Crippen LogP contribution in [0.3, 0.4) is 0 Å². The zero-order chi connectivity index (χ0) is 14.6. The number of nitrogens with one attached hydrogen (secondary N) is 2. The lowest BCUT2D eigenvalue weighted by Crippen LogP contribution is -2.36. The summed E-state index contributed by atoms with van der Waals surface area (Å²) in [6.45, 7) is 5.90. The molecule has 2 N–H and O–H groups in total. The van der Waals surface area contributed by atoms with E-state index in [0.717, 1.165) is 5.56 Å². The number of rotatable bonds is 8. The average molecular weight is 278 g/mol. The van der Waals surface area contributed by atoms with Crippen LogP contribution in [0, 0.1) is 0 Å². The quantitative estimate of drug-likeness (QED) is 0.321. The van der Waals surface area contributed by atoms with Crippen molar-refractivity contribution in [2.45, 2.75) is 6.54 Å². The third kappa shape index (κ3) is 5.71. The molecule has 0 saturated heterocycles. The van der Waals surface area contributed by atoms with E-state index < -0.39 is 0 Å². The van der Waals surface area contributed by atoms with Crippen LogP contribution in [0.2, 0.25) is 0 Å². The smallest absolute Gasteiger partial charge is 0.218 e. The Hall–Kier alpha value is -2.08. The van der Waals surface area contributed by atoms with E-state index >= 15 is 0 Å². The van der Waals surface area contributed by atoms with Gasteiger partial charge in [0, 0.05) is 39.0 Å². The second kappa shape index (κ2) is 9.80. The molecule has 0 radical (unpaired) electrons. The van der Waals surface area contributed by atoms with E-state index in [2.05, 4.69) is 27.2 Å². The first kappa shape index (κ1) is 16.0. The lowest BCUT2D eigenvalue weighted by molar-refractivity contribution is 0.143. The molecule has 1 heterocycles. The molecule has 6 nitrogen and oxygen atoms in total. The van der Waals surface area contributed by atoms with Crippen molar-refractivity contribution in [2.24, 2.45) is 4.99 Å². The summed E-state index contributed by atoms with van der Waals surface area (Å²) >= 11 is 0. The minimum absolute atomic E-state index is 0.476. The molecule has 0 amide bonds. The molecule has 1 aromatic rings. The van der Waals surface area contributed by atoms with E-state index in [0.29, 0.717) is 38.1 Å². The molecule has 0 aromatic carbocycles. The summed E-state index contributed by atoms with van der Waals surface area (Å²) < 4.78 is 10.5. The number of guanidine groups is 1. The fourth-order valence-electron chi connectivity index (χ4n) is 1.48. The van der Waals surface area contributed by atoms with Crippen molar-refractivity contribution < 1.29 is 9.47 Å². The Labute approximate surface area is 119 Å². The van der Waals surface area contributed by atoms with Crippen molar-refractivity contribution in [3.8, 4) is 5.88 Å². The van der Waals surface area contributed by atoms with Crippen LogP contribution in [0.5, 0.6) is 5.88 Å². The lowest BCUT2D eigenvalue weighted by Gasteiger charge is -2.13. The van der Waals surface area contributed by atoms with E-state index in [4.69, 9.17) is 9.47 Å². The first-order valence-electron chi connectivity index (χ1n) is 6.42. The van der Waals surface area contributed by atoms with Gasteiger partial charge in [0.1, 0.15) is 6.61 Å². The van der Waals surface area contributed by atoms with E-state index in [9.17, 15) is 0 Å². The highest BCUT2D eigenvalue weighted by Gasteiger charge is 2.05. The molecule has 0 bridgehead atoms. The fourth-order valence-corrected chi connectivity index (χ4v) is 1.48. The SMILES string of the molecule is C=CCNC(=NC)NCc1cccnc1OCCOC. The van der Waals surface area contributed by atoms with Crippen molar-refractivity contribution >= 4 is 5.96 Å². The molecule has 0 aliphatic rings. The molecule has 0 saturated carbocycles. The zero-order valence-corrected chi connectivity index (χ0v) is 12.1. The summed E-state index contributed by atoms with van der Waals surface area (Å²) in [5.74, 6) is 1.31. The molecular formula is C14H22N4O2. The average Bonchev–Trinajstić information content (AvgIpc) is 2.49. The second-order valence-corrected chi connectivity index (χ2v) is 3.90. The maximum Gasteiger partial charge on any atom is 0.218 e. The summed E-state index contributed by atoms with van der Waals surface area (Å²) in [6.07, 6.45) is 3.48. The molecule has 0 atom stereocenters. The highest BCUT2D eigenvalue weighted by molar-refractivity contribution is 5.79. The predicted octanol–water partition coefficient (Wildman–Crippen LogP) is 0.958. The van der Waals surface area contributed by atoms with E-state index in [1.165, 1.54) is 0 Å². The molecule has 0 aliphatic heterocycles. The van der Waals surface area contributed by atoms with Crippen LogP contribution in [0.1, 0.15) is 5.56 Å². The van der Waals surface area contributed by atoms with Gasteiger partial charge in [0.15, 0.2) is 5.96 Å². The van der Waals surface area contributed by atoms with Gasteiger partial charge in [-0.1, -0.05) is 12.1 Å². The van der Waals surface area contributed by atoms with Crippen LogP contribution in [-0.2, 0) is 11.3 Å². The molecular weight excluding hydrogens is 256 g/mol. The van der Waals surface area contributed by atoms with Gasteiger partial charge in [-0.3, -0.25) is 4.99 Å². The Morgan fingerprint density at radius 3 is 3.00 bits per heavy atom. The maximum atomic E-state index is 5.57. The van der Waals surface area contributed by atoms with Crippen LogP contribution in [-0.4, -0.2) is 44.9 Å². The van der Waals surface area contributed by atoms with Gasteiger partial charge < -0.3 is 20.1 Å². The molecule has 1 aromatic heterocycles. The van der Waals surface area contributed by atoms with Crippen LogP contribution in [0.25, 0.3) is 0 Å². The maximum absolute atomic E-state index is 5.57. The fraction of sp³-hybridized carbons (Fsp3) is 0.429. The number of hydrogen-bond acceptors (Lipinski definition) is 4. The number of methoxy groups -OCH3 is 1. The first-order valence-corrected chi connectivity index (χ1v) is 6.42. The number of nitrogens with zero attached hydrogens (tertiary/aromatic N) is 2. The lowest BCUT2D eigenvalue weighted by atomic mass is 10.2. The third-order valence-corrected chi connectivity index (χ3v) is 2.46. The number of ether oxygens (including phenoxy) is 2. The van der Waals surface area contributed by atoms with Crippen LogP contribution in [0.15, 0.2) is 36.0 Å². The highest BCUT2D eigenvalue weighted by Crippen LogP contribution is 2.13. The number of aromatic nitrogens is 1. The Kier molecular flexibility index (Phi) is 7.83. The Morgan fingerprint density at radius 2 is 2.30 bits per heavy atom. The molecule has 1 rings (SSSR count). The third-order valence-electron chi connectivity index (χ3n) is 2.46. The van der Waals surface area contributed by atoms with Crippen molar-refractivity contribution in [3.05, 3.63) is 36.5 Å². The summed E-state index contributed by atoms with van der Waals surface area (Å²) in [4.78, 5) is 8.33. The van der Waals surface area contributed by atoms with Gasteiger partial charge in [-0.05, 0) is 6.07 Å². The minimum Gasteiger partial charge on any atom is -0.475 e. The van der Waals surface area contributed by atoms with Crippen LogP contribution >= 0.6 is 0 Å². The standard InChI is InChI=1S/C14H22N4O2/c1-4-7-17-14(15-2)18-11-12-6-5-8-16-13(12)20-10-9-19-3/h4-6,8H,1,7,9-11H2,2-3H3,(H2,15,17,18). The van der Waals surface area contributed by atoms with Crippen LogP contribution < -0.4 is 15.4 Å². The predicted molar refractivity (Wildman–Crippen MR) is 80.0 cm³/mol. The van der Waals surface area contributed by atoms with Crippen molar-refractivity contribution in [2.75, 3.05) is 33.9 Å². The van der Waals surface area contributed by atoms with Gasteiger partial charge in [0.2, 0.25) is 5.88 Å². The van der Waals surface area contributed by atoms with Gasteiger partial charge in [-0.15, -0.1) is 6.58 Å². The molecule has 20 heavy (non-hydrogen) atoms. The Morgan fingerprint density at radius 1 is 1.45 bits per heavy atom. The van der Waals surface area contributed by atoms with Crippen molar-refractivity contribution in [3.63, 3.8) is 0 Å². The van der Waals surface area contributed by atoms with E-state index in [1.54, 1.807) is 26.4 Å². The van der Waals surface area contributed by atoms with Gasteiger partial charge in [-0.25, -0.2) is 4.98 Å². The van der Waals surface area contributed by atoms with Gasteiger partial charge in [-0.2, -0.15) is 0 Å². The number of aliphatic imine (C=N–C) groups is 1. The molecule has 110 valence electrons. The van der Waals surface area contributed by atoms with Crippen molar-refractivity contribution in [1.82, 2.24) is 15.6 Å². The summed E-state index contributed by atoms with van der Waals surface area (Å²) in [5, 5.41) is 6.29. The van der Waals surface area contributed by atoms with Gasteiger partial charge in [0.25, 0.3) is 0 Å². The number of pyridine rings is 1. The van der Waals surface area contributed by atoms with Gasteiger partial charge in [0.05, 0.1) is 6.61 Å². The molecule has 6 heteroatoms. The molecule has 0 unspecified atom stereocenters. The summed E-state index contributed by atoms with van der Waals surface area (Å²) in [5.41, 5.74) is 0.963. The molecule has 0 spiro atoms. The molecule has 0 fully saturated rings. The second-order valence-electron chi connectivity index (χ2n) is 3.90. The summed E-state index contributed by atoms with van der Waals surface area (Å²) in [6, 6.07) is 3.84. The Bertz CT molecular complexity index is 435. The van der Waals surface area contributed by atoms with E-state index in [-0.39, 0.29) is 0 Å². The monoisotopic (exact) mass is 278 g/mol. The zero-order valence-electron chi connectivity index (χ0n) is 12.1. The summed E-state index contributed by atoms with van der Waals surface area (Å²) in [7, 11) is 3.36.